The number of rotatable bonds is 3. The van der Waals surface area contributed by atoms with Crippen LogP contribution in [0.2, 0.25) is 0 Å². The number of carbonyl (C=O) groups excluding carboxylic acids is 1. The highest BCUT2D eigenvalue weighted by Gasteiger charge is 2.19. The molecule has 0 bridgehead atoms. The maximum atomic E-state index is 10.9. The van der Waals surface area contributed by atoms with Crippen molar-refractivity contribution in [2.75, 3.05) is 0 Å². The first-order valence-corrected chi connectivity index (χ1v) is 4.73. The van der Waals surface area contributed by atoms with Gasteiger partial charge in [0.05, 0.1) is 6.10 Å². The predicted octanol–water partition coefficient (Wildman–Crippen LogP) is 1.10. The highest BCUT2D eigenvalue weighted by atomic mass is 16.5. The Morgan fingerprint density at radius 1 is 1.50 bits per heavy atom. The van der Waals surface area contributed by atoms with Crippen molar-refractivity contribution in [3.8, 4) is 0 Å². The topological polar surface area (TPSA) is 65.2 Å². The molecule has 0 saturated heterocycles. The van der Waals surface area contributed by atoms with Gasteiger partial charge in [0.1, 0.15) is 12.4 Å². The van der Waals surface area contributed by atoms with Gasteiger partial charge in [0, 0.05) is 12.8 Å². The van der Waals surface area contributed by atoms with E-state index in [1.165, 1.54) is 6.39 Å². The third kappa shape index (κ3) is 2.38. The van der Waals surface area contributed by atoms with Gasteiger partial charge in [-0.3, -0.25) is 4.79 Å². The third-order valence-corrected chi connectivity index (χ3v) is 2.35. The normalized spacial score (nSPS) is 18.7. The molecule has 14 heavy (non-hydrogen) atoms. The van der Waals surface area contributed by atoms with E-state index in [0.717, 1.165) is 12.8 Å². The second kappa shape index (κ2) is 4.32. The van der Waals surface area contributed by atoms with Gasteiger partial charge in [0.15, 0.2) is 5.82 Å². The van der Waals surface area contributed by atoms with Crippen LogP contribution in [0.15, 0.2) is 10.9 Å². The summed E-state index contributed by atoms with van der Waals surface area (Å²) in [5, 5.41) is 3.64. The zero-order chi connectivity index (χ0) is 9.80. The van der Waals surface area contributed by atoms with Crippen molar-refractivity contribution in [2.45, 2.75) is 38.4 Å². The van der Waals surface area contributed by atoms with E-state index in [9.17, 15) is 4.79 Å². The molecule has 0 amide bonds. The molecule has 0 spiro atoms. The van der Waals surface area contributed by atoms with E-state index in [-0.39, 0.29) is 6.10 Å². The van der Waals surface area contributed by atoms with Crippen LogP contribution in [-0.4, -0.2) is 22.0 Å². The number of nitrogens with zero attached hydrogens (tertiary/aromatic N) is 2. The molecule has 0 unspecified atom stereocenters. The monoisotopic (exact) mass is 196 g/mol. The Morgan fingerprint density at radius 3 is 2.93 bits per heavy atom. The van der Waals surface area contributed by atoms with Gasteiger partial charge in [-0.25, -0.2) is 0 Å². The molecule has 1 fully saturated rings. The van der Waals surface area contributed by atoms with Crippen molar-refractivity contribution >= 4 is 5.78 Å². The van der Waals surface area contributed by atoms with E-state index in [2.05, 4.69) is 14.7 Å². The summed E-state index contributed by atoms with van der Waals surface area (Å²) in [5.41, 5.74) is 0. The molecule has 1 aliphatic rings. The SMILES string of the molecule is O=C1CCC(OCc2ncon2)CC1. The molecule has 0 aliphatic heterocycles. The summed E-state index contributed by atoms with van der Waals surface area (Å²) in [4.78, 5) is 14.8. The molecule has 0 radical (unpaired) electrons. The van der Waals surface area contributed by atoms with Gasteiger partial charge in [0.25, 0.3) is 0 Å². The van der Waals surface area contributed by atoms with Gasteiger partial charge >= 0.3 is 0 Å². The zero-order valence-corrected chi connectivity index (χ0v) is 7.81. The molecule has 0 atom stereocenters. The number of aromatic nitrogens is 2. The highest BCUT2D eigenvalue weighted by Crippen LogP contribution is 2.18. The summed E-state index contributed by atoms with van der Waals surface area (Å²) < 4.78 is 10.1. The molecule has 1 aromatic rings. The smallest absolute Gasteiger partial charge is 0.213 e. The van der Waals surface area contributed by atoms with Crippen LogP contribution in [0.3, 0.4) is 0 Å². The minimum Gasteiger partial charge on any atom is -0.370 e. The summed E-state index contributed by atoms with van der Waals surface area (Å²) in [5.74, 6) is 0.895. The highest BCUT2D eigenvalue weighted by molar-refractivity contribution is 5.79. The first-order chi connectivity index (χ1) is 6.84. The Hall–Kier alpha value is -1.23. The van der Waals surface area contributed by atoms with Gasteiger partial charge in [-0.15, -0.1) is 0 Å². The van der Waals surface area contributed by atoms with Crippen LogP contribution in [0.5, 0.6) is 0 Å². The minimum absolute atomic E-state index is 0.172. The lowest BCUT2D eigenvalue weighted by atomic mass is 9.97. The number of Topliss-reactive ketones (excluding diaryl/α,β-unsaturated/α-hetero) is 1. The van der Waals surface area contributed by atoms with Crippen molar-refractivity contribution < 1.29 is 14.1 Å². The third-order valence-electron chi connectivity index (χ3n) is 2.35. The van der Waals surface area contributed by atoms with Gasteiger partial charge in [-0.1, -0.05) is 5.16 Å². The Morgan fingerprint density at radius 2 is 2.29 bits per heavy atom. The summed E-state index contributed by atoms with van der Waals surface area (Å²) in [6.07, 6.45) is 4.36. The van der Waals surface area contributed by atoms with Crippen molar-refractivity contribution in [3.05, 3.63) is 12.2 Å². The van der Waals surface area contributed by atoms with Crippen molar-refractivity contribution in [3.63, 3.8) is 0 Å². The standard InChI is InChI=1S/C9H12N2O3/c12-7-1-3-8(4-2-7)13-5-9-10-6-14-11-9/h6,8H,1-5H2. The first kappa shape index (κ1) is 9.33. The maximum Gasteiger partial charge on any atom is 0.213 e. The second-order valence-corrected chi connectivity index (χ2v) is 3.40. The molecule has 1 heterocycles. The lowest BCUT2D eigenvalue weighted by molar-refractivity contribution is -0.123. The van der Waals surface area contributed by atoms with Gasteiger partial charge in [-0.2, -0.15) is 4.98 Å². The summed E-state index contributed by atoms with van der Waals surface area (Å²) in [6, 6.07) is 0. The first-order valence-electron chi connectivity index (χ1n) is 4.73. The Kier molecular flexibility index (Phi) is 2.88. The maximum absolute atomic E-state index is 10.9. The van der Waals surface area contributed by atoms with Crippen molar-refractivity contribution in [1.82, 2.24) is 10.1 Å². The lowest BCUT2D eigenvalue weighted by Gasteiger charge is -2.20. The van der Waals surface area contributed by atoms with E-state index in [4.69, 9.17) is 4.74 Å². The fourth-order valence-corrected chi connectivity index (χ4v) is 1.53. The fourth-order valence-electron chi connectivity index (χ4n) is 1.53. The van der Waals surface area contributed by atoms with E-state index < -0.39 is 0 Å². The summed E-state index contributed by atoms with van der Waals surface area (Å²) >= 11 is 0. The molecular weight excluding hydrogens is 184 g/mol. The summed E-state index contributed by atoms with van der Waals surface area (Å²) in [6.45, 7) is 0.370. The van der Waals surface area contributed by atoms with E-state index in [0.29, 0.717) is 31.1 Å². The lowest BCUT2D eigenvalue weighted by Crippen LogP contribution is -2.21. The molecular formula is C9H12N2O3. The Labute approximate surface area is 81.4 Å². The average Bonchev–Trinajstić information content (AvgIpc) is 2.70. The van der Waals surface area contributed by atoms with Crippen LogP contribution < -0.4 is 0 Å². The quantitative estimate of drug-likeness (QED) is 0.724. The zero-order valence-electron chi connectivity index (χ0n) is 7.81. The van der Waals surface area contributed by atoms with E-state index in [1.807, 2.05) is 0 Å². The largest absolute Gasteiger partial charge is 0.370 e. The molecule has 1 saturated carbocycles. The molecule has 1 aromatic heterocycles. The van der Waals surface area contributed by atoms with Crippen molar-refractivity contribution in [2.24, 2.45) is 0 Å². The molecule has 5 heteroatoms. The second-order valence-electron chi connectivity index (χ2n) is 3.40. The Bertz CT molecular complexity index is 287. The summed E-state index contributed by atoms with van der Waals surface area (Å²) in [7, 11) is 0. The van der Waals surface area contributed by atoms with E-state index in [1.54, 1.807) is 0 Å². The van der Waals surface area contributed by atoms with Crippen LogP contribution in [0, 0.1) is 0 Å². The molecule has 0 N–H and O–H groups in total. The number of hydrogen-bond donors (Lipinski definition) is 0. The van der Waals surface area contributed by atoms with Crippen LogP contribution in [-0.2, 0) is 16.1 Å². The van der Waals surface area contributed by atoms with Gasteiger partial charge in [0.2, 0.25) is 6.39 Å². The van der Waals surface area contributed by atoms with Crippen LogP contribution >= 0.6 is 0 Å². The number of ether oxygens (including phenoxy) is 1. The van der Waals surface area contributed by atoms with Crippen LogP contribution in [0.1, 0.15) is 31.5 Å². The fraction of sp³-hybridized carbons (Fsp3) is 0.667. The predicted molar refractivity (Wildman–Crippen MR) is 46.4 cm³/mol. The van der Waals surface area contributed by atoms with Crippen LogP contribution in [0.4, 0.5) is 0 Å². The molecule has 1 aliphatic carbocycles. The van der Waals surface area contributed by atoms with Crippen LogP contribution in [0.25, 0.3) is 0 Å². The van der Waals surface area contributed by atoms with E-state index >= 15 is 0 Å². The Balaban J connectivity index is 1.73. The average molecular weight is 196 g/mol. The van der Waals surface area contributed by atoms with Gasteiger partial charge in [-0.05, 0) is 12.8 Å². The molecule has 5 nitrogen and oxygen atoms in total. The number of ketones is 1. The van der Waals surface area contributed by atoms with Crippen molar-refractivity contribution in [1.29, 1.82) is 0 Å². The van der Waals surface area contributed by atoms with Gasteiger partial charge < -0.3 is 9.26 Å². The molecule has 2 rings (SSSR count). The molecule has 0 aromatic carbocycles. The minimum atomic E-state index is 0.172. The number of hydrogen-bond acceptors (Lipinski definition) is 5. The molecule has 76 valence electrons. The number of carbonyl (C=O) groups is 1.